The number of hydrogen-bond donors (Lipinski definition) is 1. The minimum atomic E-state index is -0.108. The van der Waals surface area contributed by atoms with Gasteiger partial charge in [-0.25, -0.2) is 4.98 Å². The lowest BCUT2D eigenvalue weighted by atomic mass is 9.98. The van der Waals surface area contributed by atoms with Crippen LogP contribution in [0.1, 0.15) is 47.8 Å². The van der Waals surface area contributed by atoms with E-state index in [1.807, 2.05) is 49.4 Å². The molecule has 0 radical (unpaired) electrons. The van der Waals surface area contributed by atoms with Crippen molar-refractivity contribution in [3.05, 3.63) is 80.5 Å². The van der Waals surface area contributed by atoms with E-state index in [4.69, 9.17) is 4.98 Å². The van der Waals surface area contributed by atoms with Gasteiger partial charge in [-0.15, -0.1) is 11.3 Å². The second kappa shape index (κ2) is 9.39. The van der Waals surface area contributed by atoms with Gasteiger partial charge >= 0.3 is 0 Å². The van der Waals surface area contributed by atoms with E-state index in [0.717, 1.165) is 57.5 Å². The van der Waals surface area contributed by atoms with Crippen LogP contribution in [0.2, 0.25) is 0 Å². The highest BCUT2D eigenvalue weighted by Gasteiger charge is 2.24. The van der Waals surface area contributed by atoms with Crippen molar-refractivity contribution in [1.82, 2.24) is 9.55 Å². The predicted octanol–water partition coefficient (Wildman–Crippen LogP) is 6.10. The molecule has 0 fully saturated rings. The van der Waals surface area contributed by atoms with Gasteiger partial charge in [0, 0.05) is 10.6 Å². The number of fused-ring (bicyclic) bond motifs is 3. The van der Waals surface area contributed by atoms with Gasteiger partial charge in [0.25, 0.3) is 5.56 Å². The Bertz CT molecular complexity index is 1440. The van der Waals surface area contributed by atoms with E-state index in [9.17, 15) is 9.59 Å². The number of aryl methyl sites for hydroxylation is 3. The van der Waals surface area contributed by atoms with Gasteiger partial charge < -0.3 is 5.32 Å². The Balaban J connectivity index is 1.49. The molecule has 1 amide bonds. The van der Waals surface area contributed by atoms with Crippen LogP contribution in [-0.4, -0.2) is 21.2 Å². The van der Waals surface area contributed by atoms with E-state index < -0.39 is 0 Å². The van der Waals surface area contributed by atoms with E-state index in [1.54, 1.807) is 15.9 Å². The van der Waals surface area contributed by atoms with Crippen molar-refractivity contribution in [1.29, 1.82) is 0 Å². The highest BCUT2D eigenvalue weighted by atomic mass is 32.2. The zero-order chi connectivity index (χ0) is 23.8. The second-order valence-corrected chi connectivity index (χ2v) is 11.0. The number of thiophene rings is 1. The number of amides is 1. The van der Waals surface area contributed by atoms with E-state index in [1.165, 1.54) is 16.6 Å². The van der Waals surface area contributed by atoms with Crippen molar-refractivity contribution in [2.45, 2.75) is 51.1 Å². The number of anilines is 1. The summed E-state index contributed by atoms with van der Waals surface area (Å²) in [5, 5.41) is 4.40. The normalized spacial score (nSPS) is 12.9. The number of nitrogens with zero attached hydrogens (tertiary/aromatic N) is 2. The molecule has 4 aromatic rings. The Labute approximate surface area is 207 Å². The summed E-state index contributed by atoms with van der Waals surface area (Å²) in [6.45, 7) is 6.25. The lowest BCUT2D eigenvalue weighted by Gasteiger charge is -2.17. The number of rotatable bonds is 6. The zero-order valence-electron chi connectivity index (χ0n) is 19.6. The molecule has 0 saturated carbocycles. The predicted molar refractivity (Wildman–Crippen MR) is 142 cm³/mol. The molecule has 2 aromatic carbocycles. The average molecular weight is 490 g/mol. The first-order valence-electron chi connectivity index (χ1n) is 11.6. The van der Waals surface area contributed by atoms with Crippen LogP contribution < -0.4 is 10.9 Å². The van der Waals surface area contributed by atoms with Crippen molar-refractivity contribution in [2.24, 2.45) is 0 Å². The molecule has 0 aliphatic heterocycles. The highest BCUT2D eigenvalue weighted by Crippen LogP contribution is 2.36. The number of thioether (sulfide) groups is 1. The summed E-state index contributed by atoms with van der Waals surface area (Å²) in [6, 6.07) is 15.7. The number of benzene rings is 2. The monoisotopic (exact) mass is 489 g/mol. The van der Waals surface area contributed by atoms with Crippen LogP contribution in [0.4, 0.5) is 5.69 Å². The number of nitrogens with one attached hydrogen (secondary N) is 1. The fraction of sp³-hybridized carbons (Fsp3) is 0.296. The topological polar surface area (TPSA) is 64.0 Å². The zero-order valence-corrected chi connectivity index (χ0v) is 21.2. The van der Waals surface area contributed by atoms with Gasteiger partial charge in [-0.3, -0.25) is 14.2 Å². The maximum Gasteiger partial charge on any atom is 0.267 e. The molecule has 174 valence electrons. The SMILES string of the molecule is Cc1cccc(C(C)C)c1NC(=O)CSc1nc2sc3c(c2c(=O)n1-c1ccccc1)CCC3. The van der Waals surface area contributed by atoms with E-state index in [0.29, 0.717) is 11.1 Å². The van der Waals surface area contributed by atoms with Crippen molar-refractivity contribution in [2.75, 3.05) is 11.1 Å². The number of carbonyl (C=O) groups excluding carboxylic acids is 1. The molecule has 0 unspecified atom stereocenters. The van der Waals surface area contributed by atoms with E-state index >= 15 is 0 Å². The number of hydrogen-bond acceptors (Lipinski definition) is 5. The Morgan fingerprint density at radius 1 is 1.15 bits per heavy atom. The summed E-state index contributed by atoms with van der Waals surface area (Å²) < 4.78 is 1.67. The molecular weight excluding hydrogens is 462 g/mol. The average Bonchev–Trinajstić information content (AvgIpc) is 3.40. The largest absolute Gasteiger partial charge is 0.325 e. The summed E-state index contributed by atoms with van der Waals surface area (Å²) in [5.74, 6) is 0.363. The maximum atomic E-state index is 13.7. The first kappa shape index (κ1) is 22.9. The lowest BCUT2D eigenvalue weighted by Crippen LogP contribution is -2.23. The molecule has 0 spiro atoms. The first-order chi connectivity index (χ1) is 16.4. The molecule has 7 heteroatoms. The van der Waals surface area contributed by atoms with Crippen LogP contribution >= 0.6 is 23.1 Å². The Morgan fingerprint density at radius 2 is 1.94 bits per heavy atom. The van der Waals surface area contributed by atoms with Crippen LogP contribution in [0, 0.1) is 6.92 Å². The number of aromatic nitrogens is 2. The molecule has 5 nitrogen and oxygen atoms in total. The van der Waals surface area contributed by atoms with Gasteiger partial charge in [-0.05, 0) is 60.9 Å². The van der Waals surface area contributed by atoms with E-state index in [-0.39, 0.29) is 17.2 Å². The Morgan fingerprint density at radius 3 is 2.71 bits per heavy atom. The molecular formula is C27H27N3O2S2. The van der Waals surface area contributed by atoms with Crippen molar-refractivity contribution in [3.63, 3.8) is 0 Å². The van der Waals surface area contributed by atoms with Crippen LogP contribution in [0.15, 0.2) is 58.5 Å². The molecule has 0 saturated heterocycles. The molecule has 2 heterocycles. The van der Waals surface area contributed by atoms with Gasteiger partial charge in [0.1, 0.15) is 4.83 Å². The summed E-state index contributed by atoms with van der Waals surface area (Å²) in [4.78, 5) is 33.6. The third kappa shape index (κ3) is 4.18. The summed E-state index contributed by atoms with van der Waals surface area (Å²) in [7, 11) is 0. The summed E-state index contributed by atoms with van der Waals surface area (Å²) in [6.07, 6.45) is 3.04. The molecule has 5 rings (SSSR count). The van der Waals surface area contributed by atoms with Crippen LogP contribution in [0.25, 0.3) is 15.9 Å². The van der Waals surface area contributed by atoms with Crippen molar-refractivity contribution >= 4 is 44.9 Å². The third-order valence-corrected chi connectivity index (χ3v) is 8.37. The minimum absolute atomic E-state index is 0.0421. The standard InChI is InChI=1S/C27H27N3O2S2/c1-16(2)19-12-7-9-17(3)24(19)28-22(31)15-33-27-29-25-23(20-13-8-14-21(20)34-25)26(32)30(27)18-10-5-4-6-11-18/h4-7,9-12,16H,8,13-15H2,1-3H3,(H,28,31). The van der Waals surface area contributed by atoms with E-state index in [2.05, 4.69) is 25.2 Å². The van der Waals surface area contributed by atoms with Crippen LogP contribution in [0.3, 0.4) is 0 Å². The van der Waals surface area contributed by atoms with Crippen molar-refractivity contribution in [3.8, 4) is 5.69 Å². The quantitative estimate of drug-likeness (QED) is 0.263. The molecule has 2 aromatic heterocycles. The minimum Gasteiger partial charge on any atom is -0.325 e. The molecule has 1 N–H and O–H groups in total. The lowest BCUT2D eigenvalue weighted by molar-refractivity contribution is -0.113. The summed E-state index contributed by atoms with van der Waals surface area (Å²) >= 11 is 2.93. The Hall–Kier alpha value is -2.90. The van der Waals surface area contributed by atoms with Gasteiger partial charge in [0.15, 0.2) is 5.16 Å². The molecule has 34 heavy (non-hydrogen) atoms. The fourth-order valence-electron chi connectivity index (χ4n) is 4.57. The molecule has 1 aliphatic rings. The first-order valence-corrected chi connectivity index (χ1v) is 13.4. The van der Waals surface area contributed by atoms with Crippen molar-refractivity contribution < 1.29 is 4.79 Å². The number of carbonyl (C=O) groups is 1. The van der Waals surface area contributed by atoms with Gasteiger partial charge in [-0.1, -0.05) is 62.0 Å². The maximum absolute atomic E-state index is 13.7. The second-order valence-electron chi connectivity index (χ2n) is 8.94. The molecule has 0 bridgehead atoms. The highest BCUT2D eigenvalue weighted by molar-refractivity contribution is 7.99. The third-order valence-electron chi connectivity index (χ3n) is 6.25. The number of para-hydroxylation sites is 2. The molecule has 1 aliphatic carbocycles. The fourth-order valence-corrected chi connectivity index (χ4v) is 6.69. The Kier molecular flexibility index (Phi) is 6.32. The summed E-state index contributed by atoms with van der Waals surface area (Å²) in [5.41, 5.74) is 4.92. The molecule has 0 atom stereocenters. The van der Waals surface area contributed by atoms with Gasteiger partial charge in [0.05, 0.1) is 16.8 Å². The van der Waals surface area contributed by atoms with Gasteiger partial charge in [-0.2, -0.15) is 0 Å². The smallest absolute Gasteiger partial charge is 0.267 e. The van der Waals surface area contributed by atoms with Crippen LogP contribution in [-0.2, 0) is 17.6 Å². The van der Waals surface area contributed by atoms with Crippen LogP contribution in [0.5, 0.6) is 0 Å². The van der Waals surface area contributed by atoms with Gasteiger partial charge in [0.2, 0.25) is 5.91 Å².